The van der Waals surface area contributed by atoms with E-state index < -0.39 is 0 Å². The first kappa shape index (κ1) is 19.2. The van der Waals surface area contributed by atoms with Crippen molar-refractivity contribution in [3.05, 3.63) is 41.0 Å². The number of halogens is 1. The molecule has 0 bridgehead atoms. The maximum absolute atomic E-state index is 11.8. The van der Waals surface area contributed by atoms with Crippen LogP contribution in [0.15, 0.2) is 30.3 Å². The minimum Gasteiger partial charge on any atom is -0.450 e. The predicted molar refractivity (Wildman–Crippen MR) is 107 cm³/mol. The summed E-state index contributed by atoms with van der Waals surface area (Å²) in [6.07, 6.45) is 1.46. The molecule has 3 rings (SSSR count). The molecule has 0 aliphatic carbocycles. The summed E-state index contributed by atoms with van der Waals surface area (Å²) >= 11 is 5.92. The Morgan fingerprint density at radius 3 is 2.63 bits per heavy atom. The van der Waals surface area contributed by atoms with Gasteiger partial charge in [0, 0.05) is 41.6 Å². The van der Waals surface area contributed by atoms with Crippen molar-refractivity contribution >= 4 is 35.1 Å². The van der Waals surface area contributed by atoms with E-state index in [-0.39, 0.29) is 12.1 Å². The maximum atomic E-state index is 11.8. The van der Waals surface area contributed by atoms with Crippen LogP contribution in [-0.2, 0) is 4.74 Å². The Labute approximate surface area is 164 Å². The van der Waals surface area contributed by atoms with E-state index in [1.165, 1.54) is 0 Å². The monoisotopic (exact) mass is 389 g/mol. The molecular formula is C19H24ClN5O2. The molecule has 27 heavy (non-hydrogen) atoms. The van der Waals surface area contributed by atoms with E-state index in [0.717, 1.165) is 30.0 Å². The molecule has 8 heteroatoms. The molecule has 1 amide bonds. The number of amides is 1. The fourth-order valence-electron chi connectivity index (χ4n) is 2.99. The van der Waals surface area contributed by atoms with Crippen molar-refractivity contribution in [1.82, 2.24) is 14.9 Å². The molecule has 0 unspecified atom stereocenters. The summed E-state index contributed by atoms with van der Waals surface area (Å²) in [6, 6.07) is 9.57. The topological polar surface area (TPSA) is 79.4 Å². The van der Waals surface area contributed by atoms with Gasteiger partial charge in [0.15, 0.2) is 0 Å². The number of piperidine rings is 1. The normalized spacial score (nSPS) is 14.7. The van der Waals surface area contributed by atoms with Crippen LogP contribution in [0.4, 0.5) is 22.2 Å². The molecule has 1 aliphatic heterocycles. The summed E-state index contributed by atoms with van der Waals surface area (Å²) in [4.78, 5) is 22.5. The van der Waals surface area contributed by atoms with Gasteiger partial charge in [-0.3, -0.25) is 0 Å². The van der Waals surface area contributed by atoms with Crippen molar-refractivity contribution in [2.45, 2.75) is 32.7 Å². The summed E-state index contributed by atoms with van der Waals surface area (Å²) in [6.45, 7) is 5.51. The Balaban J connectivity index is 1.60. The number of aryl methyl sites for hydroxylation is 1. The SMILES string of the molecule is CCOC(=O)N1CCC(Nc2cc(C)nc(Nc3ccc(Cl)cc3)n2)CC1. The molecule has 1 saturated heterocycles. The van der Waals surface area contributed by atoms with Gasteiger partial charge in [-0.15, -0.1) is 0 Å². The fourth-order valence-corrected chi connectivity index (χ4v) is 3.12. The second kappa shape index (κ2) is 8.90. The summed E-state index contributed by atoms with van der Waals surface area (Å²) in [7, 11) is 0. The largest absolute Gasteiger partial charge is 0.450 e. The van der Waals surface area contributed by atoms with Crippen LogP contribution in [0.1, 0.15) is 25.5 Å². The van der Waals surface area contributed by atoms with Crippen molar-refractivity contribution in [3.63, 3.8) is 0 Å². The van der Waals surface area contributed by atoms with E-state index in [1.807, 2.05) is 44.2 Å². The highest BCUT2D eigenvalue weighted by molar-refractivity contribution is 6.30. The van der Waals surface area contributed by atoms with Gasteiger partial charge in [-0.1, -0.05) is 11.6 Å². The lowest BCUT2D eigenvalue weighted by molar-refractivity contribution is 0.0983. The van der Waals surface area contributed by atoms with E-state index in [2.05, 4.69) is 20.6 Å². The minimum atomic E-state index is -0.233. The summed E-state index contributed by atoms with van der Waals surface area (Å²) in [5.41, 5.74) is 1.74. The molecule has 0 atom stereocenters. The van der Waals surface area contributed by atoms with E-state index in [0.29, 0.717) is 30.7 Å². The van der Waals surface area contributed by atoms with Gasteiger partial charge in [-0.25, -0.2) is 9.78 Å². The van der Waals surface area contributed by atoms with Gasteiger partial charge in [-0.05, 0) is 51.0 Å². The summed E-state index contributed by atoms with van der Waals surface area (Å²) < 4.78 is 5.06. The minimum absolute atomic E-state index is 0.233. The Kier molecular flexibility index (Phi) is 6.34. The molecule has 1 aromatic heterocycles. The molecule has 0 saturated carbocycles. The van der Waals surface area contributed by atoms with Crippen molar-refractivity contribution in [1.29, 1.82) is 0 Å². The lowest BCUT2D eigenvalue weighted by Crippen LogP contribution is -2.42. The average molecular weight is 390 g/mol. The third kappa shape index (κ3) is 5.47. The van der Waals surface area contributed by atoms with Crippen molar-refractivity contribution < 1.29 is 9.53 Å². The first-order chi connectivity index (χ1) is 13.0. The number of benzene rings is 1. The average Bonchev–Trinajstić information content (AvgIpc) is 2.64. The predicted octanol–water partition coefficient (Wildman–Crippen LogP) is 4.21. The maximum Gasteiger partial charge on any atom is 0.409 e. The number of nitrogens with zero attached hydrogens (tertiary/aromatic N) is 3. The second-order valence-electron chi connectivity index (χ2n) is 6.45. The quantitative estimate of drug-likeness (QED) is 0.797. The summed E-state index contributed by atoms with van der Waals surface area (Å²) in [5, 5.41) is 7.34. The molecule has 1 fully saturated rings. The molecule has 7 nitrogen and oxygen atoms in total. The fraction of sp³-hybridized carbons (Fsp3) is 0.421. The van der Waals surface area contributed by atoms with E-state index in [4.69, 9.17) is 16.3 Å². The number of nitrogens with one attached hydrogen (secondary N) is 2. The smallest absolute Gasteiger partial charge is 0.409 e. The molecule has 1 aliphatic rings. The third-order valence-electron chi connectivity index (χ3n) is 4.33. The van der Waals surface area contributed by atoms with Gasteiger partial charge < -0.3 is 20.3 Å². The van der Waals surface area contributed by atoms with Gasteiger partial charge in [-0.2, -0.15) is 4.98 Å². The van der Waals surface area contributed by atoms with E-state index in [1.54, 1.807) is 4.90 Å². The van der Waals surface area contributed by atoms with Gasteiger partial charge >= 0.3 is 6.09 Å². The van der Waals surface area contributed by atoms with Crippen LogP contribution in [-0.4, -0.2) is 46.7 Å². The molecule has 1 aromatic carbocycles. The Morgan fingerprint density at radius 1 is 1.26 bits per heavy atom. The zero-order valence-electron chi connectivity index (χ0n) is 15.5. The highest BCUT2D eigenvalue weighted by Crippen LogP contribution is 2.20. The Hall–Kier alpha value is -2.54. The zero-order valence-corrected chi connectivity index (χ0v) is 16.3. The van der Waals surface area contributed by atoms with Crippen LogP contribution in [0.5, 0.6) is 0 Å². The van der Waals surface area contributed by atoms with E-state index in [9.17, 15) is 4.79 Å². The molecular weight excluding hydrogens is 366 g/mol. The Morgan fingerprint density at radius 2 is 1.96 bits per heavy atom. The number of likely N-dealkylation sites (tertiary alicyclic amines) is 1. The standard InChI is InChI=1S/C19H24ClN5O2/c1-3-27-19(26)25-10-8-16(9-11-25)22-17-12-13(2)21-18(24-17)23-15-6-4-14(20)5-7-15/h4-7,12,16H,3,8-11H2,1-2H3,(H2,21,22,23,24). The lowest BCUT2D eigenvalue weighted by Gasteiger charge is -2.31. The highest BCUT2D eigenvalue weighted by atomic mass is 35.5. The number of carbonyl (C=O) groups excluding carboxylic acids is 1. The Bertz CT molecular complexity index is 776. The molecule has 0 radical (unpaired) electrons. The van der Waals surface area contributed by atoms with Crippen LogP contribution in [0.3, 0.4) is 0 Å². The van der Waals surface area contributed by atoms with E-state index >= 15 is 0 Å². The molecule has 2 heterocycles. The number of anilines is 3. The van der Waals surface area contributed by atoms with Gasteiger partial charge in [0.05, 0.1) is 6.61 Å². The first-order valence-corrected chi connectivity index (χ1v) is 9.48. The van der Waals surface area contributed by atoms with Crippen LogP contribution in [0, 0.1) is 6.92 Å². The molecule has 2 aromatic rings. The number of ether oxygens (including phenoxy) is 1. The van der Waals surface area contributed by atoms with Gasteiger partial charge in [0.2, 0.25) is 5.95 Å². The molecule has 144 valence electrons. The number of hydrogen-bond acceptors (Lipinski definition) is 6. The van der Waals surface area contributed by atoms with Crippen molar-refractivity contribution in [2.75, 3.05) is 30.3 Å². The van der Waals surface area contributed by atoms with Crippen LogP contribution in [0.2, 0.25) is 5.02 Å². The lowest BCUT2D eigenvalue weighted by atomic mass is 10.1. The van der Waals surface area contributed by atoms with Crippen molar-refractivity contribution in [3.8, 4) is 0 Å². The van der Waals surface area contributed by atoms with Crippen molar-refractivity contribution in [2.24, 2.45) is 0 Å². The number of hydrogen-bond donors (Lipinski definition) is 2. The van der Waals surface area contributed by atoms with Crippen LogP contribution in [0.25, 0.3) is 0 Å². The molecule has 0 spiro atoms. The molecule has 2 N–H and O–H groups in total. The first-order valence-electron chi connectivity index (χ1n) is 9.10. The van der Waals surface area contributed by atoms with Crippen LogP contribution < -0.4 is 10.6 Å². The highest BCUT2D eigenvalue weighted by Gasteiger charge is 2.23. The zero-order chi connectivity index (χ0) is 19.2. The number of carbonyl (C=O) groups is 1. The summed E-state index contributed by atoms with van der Waals surface area (Å²) in [5.74, 6) is 1.30. The number of aromatic nitrogens is 2. The van der Waals surface area contributed by atoms with Gasteiger partial charge in [0.1, 0.15) is 5.82 Å². The number of rotatable bonds is 5. The van der Waals surface area contributed by atoms with Gasteiger partial charge in [0.25, 0.3) is 0 Å². The van der Waals surface area contributed by atoms with Crippen LogP contribution >= 0.6 is 11.6 Å². The second-order valence-corrected chi connectivity index (χ2v) is 6.89. The third-order valence-corrected chi connectivity index (χ3v) is 4.58.